The molecule has 0 saturated heterocycles. The van der Waals surface area contributed by atoms with E-state index in [0.29, 0.717) is 23.3 Å². The van der Waals surface area contributed by atoms with Crippen LogP contribution >= 0.6 is 0 Å². The Morgan fingerprint density at radius 2 is 1.58 bits per heavy atom. The first-order valence-electron chi connectivity index (χ1n) is 10.5. The molecule has 0 saturated carbocycles. The largest absolute Gasteiger partial charge is 0.419 e. The van der Waals surface area contributed by atoms with Crippen molar-refractivity contribution in [2.45, 2.75) is 59.0 Å². The number of non-ortho nitro benzene ring substituents is 1. The van der Waals surface area contributed by atoms with E-state index in [0.717, 1.165) is 0 Å². The number of nitro groups is 1. The minimum atomic E-state index is -0.435. The Balaban J connectivity index is 1.76. The maximum absolute atomic E-state index is 10.8. The van der Waals surface area contributed by atoms with Gasteiger partial charge in [0.15, 0.2) is 0 Å². The SMILES string of the molecule is CC(C)[C@@H](N[C@H](C)c1nnc(-c2ccc([N+](=O)[O-])cc2)o1)c1ccc(C(C)(C)C)cc1. The van der Waals surface area contributed by atoms with Crippen molar-refractivity contribution in [3.63, 3.8) is 0 Å². The van der Waals surface area contributed by atoms with E-state index in [4.69, 9.17) is 4.42 Å². The van der Waals surface area contributed by atoms with E-state index in [1.54, 1.807) is 12.1 Å². The number of aromatic nitrogens is 2. The number of nitrogens with zero attached hydrogens (tertiary/aromatic N) is 3. The van der Waals surface area contributed by atoms with Gasteiger partial charge in [0.1, 0.15) is 0 Å². The van der Waals surface area contributed by atoms with Gasteiger partial charge < -0.3 is 4.42 Å². The van der Waals surface area contributed by atoms with Crippen molar-refractivity contribution < 1.29 is 9.34 Å². The summed E-state index contributed by atoms with van der Waals surface area (Å²) >= 11 is 0. The molecule has 7 heteroatoms. The van der Waals surface area contributed by atoms with Crippen molar-refractivity contribution in [1.82, 2.24) is 15.5 Å². The number of nitro benzene ring substituents is 1. The Hall–Kier alpha value is -3.06. The van der Waals surface area contributed by atoms with Crippen molar-refractivity contribution in [2.24, 2.45) is 5.92 Å². The lowest BCUT2D eigenvalue weighted by Crippen LogP contribution is -2.28. The molecule has 0 aliphatic carbocycles. The van der Waals surface area contributed by atoms with E-state index in [1.807, 2.05) is 6.92 Å². The first kappa shape index (κ1) is 22.6. The van der Waals surface area contributed by atoms with E-state index in [-0.39, 0.29) is 23.2 Å². The zero-order valence-corrected chi connectivity index (χ0v) is 18.9. The molecule has 2 aromatic carbocycles. The number of benzene rings is 2. The van der Waals surface area contributed by atoms with E-state index >= 15 is 0 Å². The van der Waals surface area contributed by atoms with Crippen molar-refractivity contribution in [2.75, 3.05) is 0 Å². The number of hydrogen-bond acceptors (Lipinski definition) is 6. The van der Waals surface area contributed by atoms with Crippen LogP contribution in [0.1, 0.15) is 70.6 Å². The Labute approximate surface area is 183 Å². The van der Waals surface area contributed by atoms with Crippen molar-refractivity contribution in [1.29, 1.82) is 0 Å². The molecule has 0 aliphatic rings. The molecule has 0 aliphatic heterocycles. The van der Waals surface area contributed by atoms with Gasteiger partial charge in [0.05, 0.1) is 11.0 Å². The maximum Gasteiger partial charge on any atom is 0.269 e. The lowest BCUT2D eigenvalue weighted by Gasteiger charge is -2.27. The number of rotatable bonds is 7. The minimum Gasteiger partial charge on any atom is -0.419 e. The standard InChI is InChI=1S/C24H30N4O3/c1-15(2)21(17-7-11-19(12-8-17)24(4,5)6)25-16(3)22-26-27-23(31-22)18-9-13-20(14-10-18)28(29)30/h7-16,21,25H,1-6H3/t16-,21-/m1/s1. The highest BCUT2D eigenvalue weighted by Gasteiger charge is 2.23. The predicted molar refractivity (Wildman–Crippen MR) is 121 cm³/mol. The van der Waals surface area contributed by atoms with Crippen LogP contribution < -0.4 is 5.32 Å². The van der Waals surface area contributed by atoms with Gasteiger partial charge in [0.2, 0.25) is 11.8 Å². The number of nitrogens with one attached hydrogen (secondary N) is 1. The van der Waals surface area contributed by atoms with Gasteiger partial charge in [0.25, 0.3) is 5.69 Å². The molecule has 0 amide bonds. The van der Waals surface area contributed by atoms with E-state index in [9.17, 15) is 10.1 Å². The normalized spacial score (nSPS) is 13.9. The molecule has 164 valence electrons. The van der Waals surface area contributed by atoms with E-state index in [1.165, 1.54) is 23.3 Å². The third-order valence-corrected chi connectivity index (χ3v) is 5.37. The molecule has 1 aromatic heterocycles. The molecule has 0 spiro atoms. The third-order valence-electron chi connectivity index (χ3n) is 5.37. The van der Waals surface area contributed by atoms with Crippen LogP contribution in [0.15, 0.2) is 52.9 Å². The highest BCUT2D eigenvalue weighted by Crippen LogP contribution is 2.29. The second-order valence-corrected chi connectivity index (χ2v) is 9.23. The molecule has 0 bridgehead atoms. The lowest BCUT2D eigenvalue weighted by atomic mass is 9.85. The molecule has 31 heavy (non-hydrogen) atoms. The summed E-state index contributed by atoms with van der Waals surface area (Å²) in [5, 5.41) is 22.7. The Morgan fingerprint density at radius 3 is 2.10 bits per heavy atom. The van der Waals surface area contributed by atoms with Gasteiger partial charge in [-0.3, -0.25) is 15.4 Å². The fourth-order valence-corrected chi connectivity index (χ4v) is 3.46. The summed E-state index contributed by atoms with van der Waals surface area (Å²) in [7, 11) is 0. The summed E-state index contributed by atoms with van der Waals surface area (Å²) in [5.41, 5.74) is 3.30. The van der Waals surface area contributed by atoms with Gasteiger partial charge in [-0.1, -0.05) is 58.9 Å². The minimum absolute atomic E-state index is 0.0239. The van der Waals surface area contributed by atoms with Crippen LogP contribution in [0, 0.1) is 16.0 Å². The zero-order chi connectivity index (χ0) is 22.8. The van der Waals surface area contributed by atoms with Crippen LogP contribution in [0.2, 0.25) is 0 Å². The van der Waals surface area contributed by atoms with Crippen LogP contribution in [0.4, 0.5) is 5.69 Å². The van der Waals surface area contributed by atoms with E-state index < -0.39 is 4.92 Å². The van der Waals surface area contributed by atoms with Crippen molar-refractivity contribution in [3.8, 4) is 11.5 Å². The fourth-order valence-electron chi connectivity index (χ4n) is 3.46. The average Bonchev–Trinajstić information content (AvgIpc) is 3.21. The Morgan fingerprint density at radius 1 is 0.968 bits per heavy atom. The van der Waals surface area contributed by atoms with Crippen molar-refractivity contribution in [3.05, 3.63) is 75.7 Å². The van der Waals surface area contributed by atoms with Gasteiger partial charge >= 0.3 is 0 Å². The lowest BCUT2D eigenvalue weighted by molar-refractivity contribution is -0.384. The molecule has 0 unspecified atom stereocenters. The molecule has 0 fully saturated rings. The third kappa shape index (κ3) is 5.35. The predicted octanol–water partition coefficient (Wildman–Crippen LogP) is 5.99. The molecule has 3 rings (SSSR count). The zero-order valence-electron chi connectivity index (χ0n) is 18.9. The molecular weight excluding hydrogens is 392 g/mol. The fraction of sp³-hybridized carbons (Fsp3) is 0.417. The smallest absolute Gasteiger partial charge is 0.269 e. The maximum atomic E-state index is 10.8. The molecule has 2 atom stereocenters. The van der Waals surface area contributed by atoms with Crippen molar-refractivity contribution >= 4 is 5.69 Å². The summed E-state index contributed by atoms with van der Waals surface area (Å²) in [6.07, 6.45) is 0. The quantitative estimate of drug-likeness (QED) is 0.371. The van der Waals surface area contributed by atoms with Crippen LogP contribution in [0.5, 0.6) is 0 Å². The number of hydrogen-bond donors (Lipinski definition) is 1. The van der Waals surface area contributed by atoms with Crippen LogP contribution in [-0.4, -0.2) is 15.1 Å². The molecule has 3 aromatic rings. The summed E-state index contributed by atoms with van der Waals surface area (Å²) in [6.45, 7) is 13.0. The molecule has 1 N–H and O–H groups in total. The van der Waals surface area contributed by atoms with Crippen LogP contribution in [-0.2, 0) is 5.41 Å². The van der Waals surface area contributed by atoms with Crippen LogP contribution in [0.3, 0.4) is 0 Å². The van der Waals surface area contributed by atoms with Gasteiger partial charge in [-0.2, -0.15) is 0 Å². The highest BCUT2D eigenvalue weighted by atomic mass is 16.6. The summed E-state index contributed by atoms with van der Waals surface area (Å²) in [5.74, 6) is 1.18. The molecule has 0 radical (unpaired) electrons. The van der Waals surface area contributed by atoms with Gasteiger partial charge in [-0.15, -0.1) is 10.2 Å². The first-order chi connectivity index (χ1) is 14.6. The first-order valence-corrected chi connectivity index (χ1v) is 10.5. The topological polar surface area (TPSA) is 94.1 Å². The Kier molecular flexibility index (Phi) is 6.55. The second kappa shape index (κ2) is 8.98. The molecule has 1 heterocycles. The highest BCUT2D eigenvalue weighted by molar-refractivity contribution is 5.55. The van der Waals surface area contributed by atoms with Crippen LogP contribution in [0.25, 0.3) is 11.5 Å². The average molecular weight is 423 g/mol. The molecule has 7 nitrogen and oxygen atoms in total. The Bertz CT molecular complexity index is 1020. The summed E-state index contributed by atoms with van der Waals surface area (Å²) in [6, 6.07) is 14.8. The summed E-state index contributed by atoms with van der Waals surface area (Å²) < 4.78 is 5.86. The molecular formula is C24H30N4O3. The second-order valence-electron chi connectivity index (χ2n) is 9.23. The van der Waals surface area contributed by atoms with Gasteiger partial charge in [0, 0.05) is 23.7 Å². The van der Waals surface area contributed by atoms with E-state index in [2.05, 4.69) is 74.4 Å². The summed E-state index contributed by atoms with van der Waals surface area (Å²) in [4.78, 5) is 10.4. The van der Waals surface area contributed by atoms with Gasteiger partial charge in [-0.25, -0.2) is 0 Å². The van der Waals surface area contributed by atoms with Gasteiger partial charge in [-0.05, 0) is 41.5 Å². The monoisotopic (exact) mass is 422 g/mol.